The second kappa shape index (κ2) is 10.0. The third-order valence-electron chi connectivity index (χ3n) is 6.16. The number of nitrogens with one attached hydrogen (secondary N) is 1. The summed E-state index contributed by atoms with van der Waals surface area (Å²) in [6.45, 7) is 8.37. The van der Waals surface area contributed by atoms with Crippen LogP contribution in [0.3, 0.4) is 0 Å². The number of nitrogens with zero attached hydrogens (tertiary/aromatic N) is 4. The lowest BCUT2D eigenvalue weighted by Crippen LogP contribution is -2.37. The SMILES string of the molecule is Cc1nc(N[C@H](C)c2cccc(C(F)F)c2F)c2cc(C3=CCN(C(=O)C(C)C)CC3)cnc2n1. The molecule has 3 aromatic rings. The Balaban J connectivity index is 1.65. The normalized spacial score (nSPS) is 15.0. The zero-order chi connectivity index (χ0) is 25.3. The molecule has 0 saturated heterocycles. The molecule has 0 radical (unpaired) electrons. The van der Waals surface area contributed by atoms with Crippen LogP contribution in [0.15, 0.2) is 36.5 Å². The fourth-order valence-corrected chi connectivity index (χ4v) is 4.26. The Labute approximate surface area is 202 Å². The van der Waals surface area contributed by atoms with Crippen molar-refractivity contribution in [3.05, 3.63) is 64.9 Å². The second-order valence-corrected chi connectivity index (χ2v) is 9.05. The van der Waals surface area contributed by atoms with Crippen molar-refractivity contribution in [1.29, 1.82) is 0 Å². The molecule has 1 aliphatic heterocycles. The van der Waals surface area contributed by atoms with Crippen molar-refractivity contribution in [2.24, 2.45) is 5.92 Å². The Morgan fingerprint density at radius 2 is 1.89 bits per heavy atom. The maximum absolute atomic E-state index is 14.7. The molecule has 9 heteroatoms. The number of halogens is 3. The Kier molecular flexibility index (Phi) is 7.05. The van der Waals surface area contributed by atoms with Crippen LogP contribution >= 0.6 is 0 Å². The van der Waals surface area contributed by atoms with Crippen LogP contribution in [-0.2, 0) is 4.79 Å². The van der Waals surface area contributed by atoms with Gasteiger partial charge in [0.25, 0.3) is 6.43 Å². The average Bonchev–Trinajstić information content (AvgIpc) is 2.83. The van der Waals surface area contributed by atoms with Crippen molar-refractivity contribution in [2.75, 3.05) is 18.4 Å². The standard InChI is InChI=1S/C26H28F3N5O/c1-14(2)26(35)34-10-8-17(9-11-34)18-12-21-24(30-13-18)32-16(4)33-25(21)31-15(3)19-6-5-7-20(22(19)27)23(28)29/h5-8,12-15,23H,9-11H2,1-4H3,(H,30,31,32,33)/t15-/m1/s1. The van der Waals surface area contributed by atoms with E-state index in [1.165, 1.54) is 12.1 Å². The van der Waals surface area contributed by atoms with E-state index in [-0.39, 0.29) is 17.4 Å². The molecule has 35 heavy (non-hydrogen) atoms. The van der Waals surface area contributed by atoms with Crippen LogP contribution in [0.4, 0.5) is 19.0 Å². The summed E-state index contributed by atoms with van der Waals surface area (Å²) < 4.78 is 41.1. The van der Waals surface area contributed by atoms with Crippen molar-refractivity contribution < 1.29 is 18.0 Å². The highest BCUT2D eigenvalue weighted by Gasteiger charge is 2.22. The van der Waals surface area contributed by atoms with Gasteiger partial charge in [-0.3, -0.25) is 4.79 Å². The molecule has 3 heterocycles. The van der Waals surface area contributed by atoms with Gasteiger partial charge >= 0.3 is 0 Å². The van der Waals surface area contributed by atoms with Crippen molar-refractivity contribution >= 4 is 28.3 Å². The van der Waals surface area contributed by atoms with Gasteiger partial charge in [0, 0.05) is 30.8 Å². The fraction of sp³-hybridized carbons (Fsp3) is 0.385. The number of aromatic nitrogens is 3. The van der Waals surface area contributed by atoms with Crippen molar-refractivity contribution in [1.82, 2.24) is 19.9 Å². The number of carbonyl (C=O) groups is 1. The molecule has 0 fully saturated rings. The predicted octanol–water partition coefficient (Wildman–Crippen LogP) is 5.85. The summed E-state index contributed by atoms with van der Waals surface area (Å²) in [6, 6.07) is 5.29. The molecule has 6 nitrogen and oxygen atoms in total. The van der Waals surface area contributed by atoms with E-state index in [2.05, 4.69) is 20.3 Å². The lowest BCUT2D eigenvalue weighted by Gasteiger charge is -2.28. The van der Waals surface area contributed by atoms with E-state index in [0.717, 1.165) is 17.2 Å². The molecule has 0 bridgehead atoms. The largest absolute Gasteiger partial charge is 0.363 e. The zero-order valence-electron chi connectivity index (χ0n) is 20.1. The zero-order valence-corrected chi connectivity index (χ0v) is 20.1. The number of carbonyl (C=O) groups excluding carboxylic acids is 1. The van der Waals surface area contributed by atoms with Gasteiger partial charge in [0.1, 0.15) is 17.5 Å². The Morgan fingerprint density at radius 3 is 2.54 bits per heavy atom. The van der Waals surface area contributed by atoms with E-state index in [0.29, 0.717) is 42.2 Å². The lowest BCUT2D eigenvalue weighted by molar-refractivity contribution is -0.134. The van der Waals surface area contributed by atoms with Crippen LogP contribution in [0.1, 0.15) is 62.2 Å². The van der Waals surface area contributed by atoms with Gasteiger partial charge in [-0.05, 0) is 37.5 Å². The van der Waals surface area contributed by atoms with Gasteiger partial charge in [-0.2, -0.15) is 0 Å². The number of alkyl halides is 2. The highest BCUT2D eigenvalue weighted by molar-refractivity contribution is 5.89. The van der Waals surface area contributed by atoms with Crippen LogP contribution in [0.2, 0.25) is 0 Å². The Morgan fingerprint density at radius 1 is 1.14 bits per heavy atom. The third-order valence-corrected chi connectivity index (χ3v) is 6.16. The second-order valence-electron chi connectivity index (χ2n) is 9.05. The number of pyridine rings is 1. The molecule has 2 aromatic heterocycles. The van der Waals surface area contributed by atoms with Gasteiger partial charge in [0.2, 0.25) is 5.91 Å². The highest BCUT2D eigenvalue weighted by Crippen LogP contribution is 2.31. The van der Waals surface area contributed by atoms with Gasteiger partial charge in [0.05, 0.1) is 17.0 Å². The molecule has 1 N–H and O–H groups in total. The number of anilines is 1. The minimum atomic E-state index is -2.90. The van der Waals surface area contributed by atoms with E-state index in [1.807, 2.05) is 30.9 Å². The monoisotopic (exact) mass is 483 g/mol. The van der Waals surface area contributed by atoms with Crippen LogP contribution < -0.4 is 5.32 Å². The Hall–Kier alpha value is -3.49. The number of rotatable bonds is 6. The molecular formula is C26H28F3N5O. The summed E-state index contributed by atoms with van der Waals surface area (Å²) in [6.07, 6.45) is 1.58. The number of aryl methyl sites for hydroxylation is 1. The summed E-state index contributed by atoms with van der Waals surface area (Å²) in [5, 5.41) is 3.81. The molecule has 4 rings (SSSR count). The molecule has 0 saturated carbocycles. The van der Waals surface area contributed by atoms with Gasteiger partial charge in [-0.1, -0.05) is 38.1 Å². The number of fused-ring (bicyclic) bond motifs is 1. The smallest absolute Gasteiger partial charge is 0.266 e. The summed E-state index contributed by atoms with van der Waals surface area (Å²) in [7, 11) is 0. The quantitative estimate of drug-likeness (QED) is 0.476. The first-order valence-corrected chi connectivity index (χ1v) is 11.6. The number of hydrogen-bond donors (Lipinski definition) is 1. The van der Waals surface area contributed by atoms with Crippen molar-refractivity contribution in [3.8, 4) is 0 Å². The van der Waals surface area contributed by atoms with Crippen LogP contribution in [0.5, 0.6) is 0 Å². The molecular weight excluding hydrogens is 455 g/mol. The molecule has 1 aromatic carbocycles. The summed E-state index contributed by atoms with van der Waals surface area (Å²) in [5.41, 5.74) is 1.94. The minimum Gasteiger partial charge on any atom is -0.363 e. The van der Waals surface area contributed by atoms with E-state index in [9.17, 15) is 18.0 Å². The predicted molar refractivity (Wildman–Crippen MR) is 129 cm³/mol. The molecule has 1 amide bonds. The molecule has 1 aliphatic rings. The lowest BCUT2D eigenvalue weighted by atomic mass is 9.99. The van der Waals surface area contributed by atoms with Crippen molar-refractivity contribution in [2.45, 2.75) is 46.6 Å². The van der Waals surface area contributed by atoms with Gasteiger partial charge in [-0.15, -0.1) is 0 Å². The third kappa shape index (κ3) is 5.13. The first-order chi connectivity index (χ1) is 16.7. The summed E-state index contributed by atoms with van der Waals surface area (Å²) in [4.78, 5) is 27.5. The first-order valence-electron chi connectivity index (χ1n) is 11.6. The maximum Gasteiger partial charge on any atom is 0.266 e. The van der Waals surface area contributed by atoms with Gasteiger partial charge < -0.3 is 10.2 Å². The summed E-state index contributed by atoms with van der Waals surface area (Å²) >= 11 is 0. The van der Waals surface area contributed by atoms with E-state index in [1.54, 1.807) is 20.0 Å². The number of amides is 1. The molecule has 0 aliphatic carbocycles. The first kappa shape index (κ1) is 24.6. The topological polar surface area (TPSA) is 71.0 Å². The highest BCUT2D eigenvalue weighted by atomic mass is 19.3. The fourth-order valence-electron chi connectivity index (χ4n) is 4.26. The van der Waals surface area contributed by atoms with Crippen LogP contribution in [0.25, 0.3) is 16.6 Å². The number of hydrogen-bond acceptors (Lipinski definition) is 5. The average molecular weight is 484 g/mol. The summed E-state index contributed by atoms with van der Waals surface area (Å²) in [5.74, 6) is 0.0846. The van der Waals surface area contributed by atoms with Gasteiger partial charge in [-0.25, -0.2) is 28.1 Å². The minimum absolute atomic E-state index is 0.0467. The van der Waals surface area contributed by atoms with E-state index in [4.69, 9.17) is 0 Å². The molecule has 1 atom stereocenters. The van der Waals surface area contributed by atoms with Gasteiger partial charge in [0.15, 0.2) is 5.65 Å². The van der Waals surface area contributed by atoms with Crippen LogP contribution in [-0.4, -0.2) is 38.8 Å². The van der Waals surface area contributed by atoms with E-state index < -0.39 is 23.8 Å². The maximum atomic E-state index is 14.7. The molecule has 0 spiro atoms. The van der Waals surface area contributed by atoms with Crippen LogP contribution in [0, 0.1) is 18.7 Å². The number of benzene rings is 1. The Bertz CT molecular complexity index is 1290. The van der Waals surface area contributed by atoms with E-state index >= 15 is 0 Å². The molecule has 184 valence electrons. The molecule has 0 unspecified atom stereocenters. The van der Waals surface area contributed by atoms with Crippen molar-refractivity contribution in [3.63, 3.8) is 0 Å².